The van der Waals surface area contributed by atoms with Gasteiger partial charge in [-0.25, -0.2) is 14.4 Å². The van der Waals surface area contributed by atoms with Gasteiger partial charge in [0.15, 0.2) is 0 Å². The summed E-state index contributed by atoms with van der Waals surface area (Å²) in [4.78, 5) is 31.4. The molecule has 1 rings (SSSR count). The second-order valence-corrected chi connectivity index (χ2v) is 2.54. The van der Waals surface area contributed by atoms with E-state index in [1.54, 1.807) is 0 Å². The Bertz CT molecular complexity index is 280. The Morgan fingerprint density at radius 1 is 1.14 bits per heavy atom. The van der Waals surface area contributed by atoms with E-state index < -0.39 is 36.4 Å². The average Bonchev–Trinajstić information content (AvgIpc) is 2.48. The van der Waals surface area contributed by atoms with Crippen molar-refractivity contribution in [2.24, 2.45) is 0 Å². The molecule has 1 unspecified atom stereocenters. The summed E-state index contributed by atoms with van der Waals surface area (Å²) in [6.07, 6.45) is -1.86. The fourth-order valence-electron chi connectivity index (χ4n) is 0.881. The molecule has 0 amide bonds. The van der Waals surface area contributed by atoms with Crippen molar-refractivity contribution in [3.8, 4) is 0 Å². The fraction of sp³-hybridized carbons (Fsp3) is 0.500. The summed E-state index contributed by atoms with van der Waals surface area (Å²) in [5.74, 6) is -5.17. The maximum atomic E-state index is 10.6. The summed E-state index contributed by atoms with van der Waals surface area (Å²) >= 11 is 0. The van der Waals surface area contributed by atoms with E-state index in [0.717, 1.165) is 0 Å². The molecule has 0 aromatic carbocycles. The summed E-state index contributed by atoms with van der Waals surface area (Å²) in [6, 6.07) is 0. The molecule has 1 saturated heterocycles. The molecule has 78 valence electrons. The molecule has 8 nitrogen and oxygen atoms in total. The Morgan fingerprint density at radius 2 is 1.64 bits per heavy atom. The smallest absolute Gasteiger partial charge is 0.361 e. The van der Waals surface area contributed by atoms with Crippen molar-refractivity contribution < 1.29 is 39.2 Å². The summed E-state index contributed by atoms with van der Waals surface area (Å²) in [5, 5.41) is 25.5. The molecule has 0 bridgehead atoms. The normalized spacial score (nSPS) is 24.4. The van der Waals surface area contributed by atoms with Crippen LogP contribution in [0.2, 0.25) is 0 Å². The van der Waals surface area contributed by atoms with E-state index in [9.17, 15) is 14.4 Å². The van der Waals surface area contributed by atoms with Gasteiger partial charge in [0.1, 0.15) is 6.61 Å². The highest BCUT2D eigenvalue weighted by Gasteiger charge is 2.57. The predicted molar refractivity (Wildman–Crippen MR) is 36.5 cm³/mol. The van der Waals surface area contributed by atoms with Crippen molar-refractivity contribution in [1.82, 2.24) is 0 Å². The number of rotatable bonds is 3. The topological polar surface area (TPSA) is 130 Å². The largest absolute Gasteiger partial charge is 0.479 e. The van der Waals surface area contributed by atoms with E-state index >= 15 is 0 Å². The molecule has 0 saturated carbocycles. The lowest BCUT2D eigenvalue weighted by molar-refractivity contribution is -0.188. The molecule has 1 aliphatic heterocycles. The molecule has 3 N–H and O–H groups in total. The van der Waals surface area contributed by atoms with Crippen LogP contribution < -0.4 is 0 Å². The predicted octanol–water partition coefficient (Wildman–Crippen LogP) is -1.65. The molecule has 0 aromatic heterocycles. The molecule has 0 aromatic rings. The van der Waals surface area contributed by atoms with Gasteiger partial charge in [0.05, 0.1) is 0 Å². The standard InChI is InChI=1S/C6H6O8/c7-2(8)3-13-1-6(14-3,4(9)10)5(11)12/h3H,1H2,(H,7,8)(H,9,10)(H,11,12). The first-order valence-corrected chi connectivity index (χ1v) is 3.39. The van der Waals surface area contributed by atoms with Gasteiger partial charge in [0, 0.05) is 0 Å². The number of carboxylic acid groups (broad SMARTS) is 3. The minimum Gasteiger partial charge on any atom is -0.479 e. The van der Waals surface area contributed by atoms with E-state index in [1.165, 1.54) is 0 Å². The van der Waals surface area contributed by atoms with Crippen molar-refractivity contribution >= 4 is 17.9 Å². The van der Waals surface area contributed by atoms with Gasteiger partial charge in [-0.05, 0) is 0 Å². The molecular weight excluding hydrogens is 200 g/mol. The number of hydrogen-bond donors (Lipinski definition) is 3. The van der Waals surface area contributed by atoms with Gasteiger partial charge in [-0.1, -0.05) is 0 Å². The third kappa shape index (κ3) is 1.40. The number of aliphatic carboxylic acids is 3. The Hall–Kier alpha value is -1.67. The Balaban J connectivity index is 2.91. The lowest BCUT2D eigenvalue weighted by Gasteiger charge is -2.15. The van der Waals surface area contributed by atoms with Crippen LogP contribution in [-0.2, 0) is 23.9 Å². The highest BCUT2D eigenvalue weighted by atomic mass is 16.8. The Labute approximate surface area is 76.7 Å². The van der Waals surface area contributed by atoms with Gasteiger partial charge in [-0.2, -0.15) is 0 Å². The fourth-order valence-corrected chi connectivity index (χ4v) is 0.881. The van der Waals surface area contributed by atoms with Crippen LogP contribution in [0.5, 0.6) is 0 Å². The zero-order chi connectivity index (χ0) is 10.9. The molecular formula is C6H6O8. The quantitative estimate of drug-likeness (QED) is 0.468. The Kier molecular flexibility index (Phi) is 2.41. The molecule has 0 spiro atoms. The summed E-state index contributed by atoms with van der Waals surface area (Å²) < 4.78 is 8.68. The number of hydrogen-bond acceptors (Lipinski definition) is 5. The van der Waals surface area contributed by atoms with Crippen molar-refractivity contribution in [1.29, 1.82) is 0 Å². The zero-order valence-corrected chi connectivity index (χ0v) is 6.67. The summed E-state index contributed by atoms with van der Waals surface area (Å²) in [6.45, 7) is -0.839. The van der Waals surface area contributed by atoms with Gasteiger partial charge >= 0.3 is 17.9 Å². The average molecular weight is 206 g/mol. The van der Waals surface area contributed by atoms with Crippen LogP contribution in [0, 0.1) is 0 Å². The van der Waals surface area contributed by atoms with Gasteiger partial charge in [0.25, 0.3) is 11.9 Å². The second kappa shape index (κ2) is 3.24. The highest BCUT2D eigenvalue weighted by Crippen LogP contribution is 2.24. The molecule has 0 radical (unpaired) electrons. The SMILES string of the molecule is O=C(O)C1OCC(C(=O)O)(C(=O)O)O1. The molecule has 8 heteroatoms. The molecule has 1 aliphatic rings. The molecule has 1 fully saturated rings. The zero-order valence-electron chi connectivity index (χ0n) is 6.67. The van der Waals surface area contributed by atoms with Gasteiger partial charge in [-0.15, -0.1) is 0 Å². The van der Waals surface area contributed by atoms with Crippen molar-refractivity contribution in [3.63, 3.8) is 0 Å². The molecule has 1 atom stereocenters. The molecule has 1 heterocycles. The summed E-state index contributed by atoms with van der Waals surface area (Å²) in [7, 11) is 0. The second-order valence-electron chi connectivity index (χ2n) is 2.54. The maximum absolute atomic E-state index is 10.6. The molecule has 0 aliphatic carbocycles. The van der Waals surface area contributed by atoms with Gasteiger partial charge < -0.3 is 24.8 Å². The maximum Gasteiger partial charge on any atom is 0.361 e. The minimum absolute atomic E-state index is 0.839. The number of carboxylic acids is 3. The first-order valence-electron chi connectivity index (χ1n) is 3.39. The summed E-state index contributed by atoms with van der Waals surface area (Å²) in [5.41, 5.74) is -2.62. The first kappa shape index (κ1) is 10.4. The van der Waals surface area contributed by atoms with E-state index in [2.05, 4.69) is 9.47 Å². The lowest BCUT2D eigenvalue weighted by atomic mass is 10.1. The Morgan fingerprint density at radius 3 is 1.86 bits per heavy atom. The third-order valence-electron chi connectivity index (χ3n) is 1.64. The third-order valence-corrected chi connectivity index (χ3v) is 1.64. The highest BCUT2D eigenvalue weighted by molar-refractivity contribution is 6.02. The van der Waals surface area contributed by atoms with Gasteiger partial charge in [-0.3, -0.25) is 0 Å². The van der Waals surface area contributed by atoms with Crippen molar-refractivity contribution in [2.75, 3.05) is 6.61 Å². The van der Waals surface area contributed by atoms with Crippen LogP contribution in [0.1, 0.15) is 0 Å². The van der Waals surface area contributed by atoms with Crippen LogP contribution in [-0.4, -0.2) is 51.7 Å². The molecule has 14 heavy (non-hydrogen) atoms. The van der Waals surface area contributed by atoms with Crippen LogP contribution in [0.3, 0.4) is 0 Å². The van der Waals surface area contributed by atoms with Crippen molar-refractivity contribution in [3.05, 3.63) is 0 Å². The lowest BCUT2D eigenvalue weighted by Crippen LogP contribution is -2.49. The minimum atomic E-state index is -2.62. The van der Waals surface area contributed by atoms with Crippen molar-refractivity contribution in [2.45, 2.75) is 11.9 Å². The van der Waals surface area contributed by atoms with E-state index in [1.807, 2.05) is 0 Å². The van der Waals surface area contributed by atoms with Crippen LogP contribution in [0.15, 0.2) is 0 Å². The van der Waals surface area contributed by atoms with Gasteiger partial charge in [0.2, 0.25) is 0 Å². The monoisotopic (exact) mass is 206 g/mol. The van der Waals surface area contributed by atoms with Crippen LogP contribution in [0.25, 0.3) is 0 Å². The van der Waals surface area contributed by atoms with Crippen LogP contribution >= 0.6 is 0 Å². The number of ether oxygens (including phenoxy) is 2. The number of carbonyl (C=O) groups is 3. The van der Waals surface area contributed by atoms with E-state index in [4.69, 9.17) is 15.3 Å². The van der Waals surface area contributed by atoms with Crippen LogP contribution in [0.4, 0.5) is 0 Å². The van der Waals surface area contributed by atoms with E-state index in [0.29, 0.717) is 0 Å². The first-order chi connectivity index (χ1) is 6.40. The van der Waals surface area contributed by atoms with E-state index in [-0.39, 0.29) is 0 Å².